The zero-order valence-electron chi connectivity index (χ0n) is 11.0. The first-order valence-corrected chi connectivity index (χ1v) is 8.35. The fourth-order valence-electron chi connectivity index (χ4n) is 2.40. The summed E-state index contributed by atoms with van der Waals surface area (Å²) in [4.78, 5) is 3.89. The van der Waals surface area contributed by atoms with E-state index < -0.39 is 9.84 Å². The molecule has 0 atom stereocenters. The van der Waals surface area contributed by atoms with Crippen LogP contribution < -0.4 is 0 Å². The molecular formula is C13H19N2O3S+. The van der Waals surface area contributed by atoms with Crippen LogP contribution in [0.4, 0.5) is 0 Å². The lowest BCUT2D eigenvalue weighted by atomic mass is 9.96. The SMILES string of the molecule is CS(=O)(=O)c1ncccc1/C=[N+](\O)C1CCCCC1. The molecule has 0 spiro atoms. The normalized spacial score (nSPS) is 18.5. The minimum atomic E-state index is -3.39. The van der Waals surface area contributed by atoms with Crippen molar-refractivity contribution >= 4 is 16.1 Å². The van der Waals surface area contributed by atoms with Crippen LogP contribution in [0.1, 0.15) is 37.7 Å². The molecule has 2 rings (SSSR count). The Kier molecular flexibility index (Phi) is 4.19. The molecule has 0 bridgehead atoms. The zero-order valence-corrected chi connectivity index (χ0v) is 11.8. The molecule has 1 aliphatic rings. The van der Waals surface area contributed by atoms with Gasteiger partial charge in [0.2, 0.25) is 12.3 Å². The van der Waals surface area contributed by atoms with Gasteiger partial charge in [-0.15, -0.1) is 0 Å². The van der Waals surface area contributed by atoms with Gasteiger partial charge in [-0.2, -0.15) is 0 Å². The highest BCUT2D eigenvalue weighted by atomic mass is 32.2. The van der Waals surface area contributed by atoms with Crippen LogP contribution in [-0.4, -0.2) is 41.9 Å². The summed E-state index contributed by atoms with van der Waals surface area (Å²) in [6, 6.07) is 3.38. The maximum absolute atomic E-state index is 11.6. The molecule has 0 aliphatic heterocycles. The van der Waals surface area contributed by atoms with E-state index in [-0.39, 0.29) is 11.1 Å². The molecule has 1 heterocycles. The average Bonchev–Trinajstić information content (AvgIpc) is 2.39. The Morgan fingerprint density at radius 3 is 2.68 bits per heavy atom. The van der Waals surface area contributed by atoms with Gasteiger partial charge in [-0.3, -0.25) is 5.21 Å². The van der Waals surface area contributed by atoms with Gasteiger partial charge in [0.25, 0.3) is 0 Å². The highest BCUT2D eigenvalue weighted by molar-refractivity contribution is 7.90. The van der Waals surface area contributed by atoms with Crippen molar-refractivity contribution in [3.05, 3.63) is 23.9 Å². The lowest BCUT2D eigenvalue weighted by Crippen LogP contribution is -2.27. The van der Waals surface area contributed by atoms with Crippen LogP contribution in [0.15, 0.2) is 23.4 Å². The summed E-state index contributed by atoms with van der Waals surface area (Å²) in [5.41, 5.74) is 0.429. The van der Waals surface area contributed by atoms with Crippen LogP contribution in [0.3, 0.4) is 0 Å². The van der Waals surface area contributed by atoms with Crippen molar-refractivity contribution in [1.29, 1.82) is 0 Å². The van der Waals surface area contributed by atoms with Gasteiger partial charge < -0.3 is 0 Å². The van der Waals surface area contributed by atoms with E-state index in [9.17, 15) is 13.6 Å². The van der Waals surface area contributed by atoms with Crippen molar-refractivity contribution in [3.8, 4) is 0 Å². The molecule has 1 aliphatic carbocycles. The molecular weight excluding hydrogens is 264 g/mol. The van der Waals surface area contributed by atoms with E-state index in [1.165, 1.54) is 18.8 Å². The number of aromatic nitrogens is 1. The summed E-state index contributed by atoms with van der Waals surface area (Å²) < 4.78 is 24.4. The second kappa shape index (κ2) is 5.69. The molecule has 0 radical (unpaired) electrons. The Morgan fingerprint density at radius 1 is 1.37 bits per heavy atom. The molecule has 5 nitrogen and oxygen atoms in total. The van der Waals surface area contributed by atoms with Gasteiger partial charge in [0.05, 0.1) is 5.56 Å². The predicted molar refractivity (Wildman–Crippen MR) is 71.4 cm³/mol. The minimum absolute atomic E-state index is 0.00450. The first kappa shape index (κ1) is 14.0. The smallest absolute Gasteiger partial charge is 0.225 e. The maximum atomic E-state index is 11.6. The summed E-state index contributed by atoms with van der Waals surface area (Å²) in [5.74, 6) is 0. The molecule has 1 N–H and O–H groups in total. The molecule has 0 unspecified atom stereocenters. The van der Waals surface area contributed by atoms with Gasteiger partial charge in [-0.1, -0.05) is 6.42 Å². The van der Waals surface area contributed by atoms with Crippen LogP contribution in [0.5, 0.6) is 0 Å². The molecule has 1 aromatic rings. The largest absolute Gasteiger partial charge is 0.291 e. The summed E-state index contributed by atoms with van der Waals surface area (Å²) in [5, 5.41) is 10.1. The van der Waals surface area contributed by atoms with Gasteiger partial charge in [0, 0.05) is 25.3 Å². The summed E-state index contributed by atoms with van der Waals surface area (Å²) >= 11 is 0. The number of hydrogen-bond donors (Lipinski definition) is 1. The third kappa shape index (κ3) is 3.53. The van der Waals surface area contributed by atoms with Crippen molar-refractivity contribution in [2.45, 2.75) is 43.2 Å². The Hall–Kier alpha value is -1.43. The van der Waals surface area contributed by atoms with Gasteiger partial charge >= 0.3 is 0 Å². The Labute approximate surface area is 113 Å². The standard InChI is InChI=1S/C13H19N2O3S/c1-19(17,18)13-11(6-5-9-14-13)10-15(16)12-7-3-2-4-8-12/h5-6,9-10,12,16H,2-4,7-8H2,1H3/q+1. The van der Waals surface area contributed by atoms with Crippen LogP contribution in [0, 0.1) is 0 Å². The number of sulfone groups is 1. The van der Waals surface area contributed by atoms with E-state index in [2.05, 4.69) is 4.98 Å². The van der Waals surface area contributed by atoms with Crippen LogP contribution >= 0.6 is 0 Å². The molecule has 1 fully saturated rings. The first-order valence-electron chi connectivity index (χ1n) is 6.45. The summed E-state index contributed by atoms with van der Waals surface area (Å²) in [7, 11) is -3.39. The third-order valence-corrected chi connectivity index (χ3v) is 4.42. The maximum Gasteiger partial charge on any atom is 0.225 e. The van der Waals surface area contributed by atoms with E-state index in [1.807, 2.05) is 0 Å². The van der Waals surface area contributed by atoms with Gasteiger partial charge in [0.15, 0.2) is 14.9 Å². The number of pyridine rings is 1. The van der Waals surface area contributed by atoms with E-state index in [0.29, 0.717) is 5.56 Å². The monoisotopic (exact) mass is 283 g/mol. The topological polar surface area (TPSA) is 70.3 Å². The number of hydroxylamine groups is 1. The van der Waals surface area contributed by atoms with Gasteiger partial charge in [-0.05, 0) is 29.7 Å². The molecule has 6 heteroatoms. The van der Waals surface area contributed by atoms with Gasteiger partial charge in [-0.25, -0.2) is 13.4 Å². The molecule has 1 aromatic heterocycles. The number of nitrogens with zero attached hydrogens (tertiary/aromatic N) is 2. The number of rotatable bonds is 3. The molecule has 104 valence electrons. The molecule has 0 saturated heterocycles. The molecule has 1 saturated carbocycles. The van der Waals surface area contributed by atoms with Crippen molar-refractivity contribution in [1.82, 2.24) is 4.98 Å². The second-order valence-corrected chi connectivity index (χ2v) is 6.90. The van der Waals surface area contributed by atoms with Crippen molar-refractivity contribution in [3.63, 3.8) is 0 Å². The zero-order chi connectivity index (χ0) is 13.9. The van der Waals surface area contributed by atoms with E-state index >= 15 is 0 Å². The average molecular weight is 283 g/mol. The van der Waals surface area contributed by atoms with Crippen LogP contribution in [-0.2, 0) is 9.84 Å². The van der Waals surface area contributed by atoms with Crippen molar-refractivity contribution < 1.29 is 18.4 Å². The Bertz CT molecular complexity index is 575. The minimum Gasteiger partial charge on any atom is -0.291 e. The van der Waals surface area contributed by atoms with E-state index in [1.54, 1.807) is 12.1 Å². The lowest BCUT2D eigenvalue weighted by molar-refractivity contribution is -0.797. The highest BCUT2D eigenvalue weighted by Gasteiger charge is 2.25. The highest BCUT2D eigenvalue weighted by Crippen LogP contribution is 2.19. The van der Waals surface area contributed by atoms with Gasteiger partial charge in [0.1, 0.15) is 0 Å². The predicted octanol–water partition coefficient (Wildman–Crippen LogP) is 1.64. The summed E-state index contributed by atoms with van der Waals surface area (Å²) in [6.45, 7) is 0. The van der Waals surface area contributed by atoms with Crippen LogP contribution in [0.2, 0.25) is 0 Å². The Morgan fingerprint density at radius 2 is 2.05 bits per heavy atom. The molecule has 0 aromatic carbocycles. The van der Waals surface area contributed by atoms with Crippen molar-refractivity contribution in [2.75, 3.05) is 6.26 Å². The van der Waals surface area contributed by atoms with Crippen molar-refractivity contribution in [2.24, 2.45) is 0 Å². The van der Waals surface area contributed by atoms with Crippen LogP contribution in [0.25, 0.3) is 0 Å². The third-order valence-electron chi connectivity index (χ3n) is 3.37. The first-order chi connectivity index (χ1) is 8.98. The Balaban J connectivity index is 2.32. The lowest BCUT2D eigenvalue weighted by Gasteiger charge is -2.15. The van der Waals surface area contributed by atoms with E-state index in [4.69, 9.17) is 0 Å². The quantitative estimate of drug-likeness (QED) is 0.396. The fourth-order valence-corrected chi connectivity index (χ4v) is 3.21. The fraction of sp³-hybridized carbons (Fsp3) is 0.538. The summed E-state index contributed by atoms with van der Waals surface area (Å²) in [6.07, 6.45) is 9.29. The number of hydrogen-bond acceptors (Lipinski definition) is 4. The second-order valence-electron chi connectivity index (χ2n) is 4.97. The van der Waals surface area contributed by atoms with E-state index in [0.717, 1.165) is 36.7 Å². The molecule has 19 heavy (non-hydrogen) atoms. The molecule has 0 amide bonds.